The van der Waals surface area contributed by atoms with E-state index in [0.29, 0.717) is 17.3 Å². The van der Waals surface area contributed by atoms with E-state index < -0.39 is 0 Å². The Kier molecular flexibility index (Phi) is 3.28. The molecule has 1 aromatic rings. The molecule has 2 unspecified atom stereocenters. The molecule has 2 rings (SSSR count). The molecule has 0 aromatic carbocycles. The number of pyridine rings is 1. The third-order valence-corrected chi connectivity index (χ3v) is 3.31. The minimum atomic E-state index is -0.0369. The second-order valence-electron chi connectivity index (χ2n) is 4.70. The maximum atomic E-state index is 12.2. The Morgan fingerprint density at radius 3 is 3.00 bits per heavy atom. The summed E-state index contributed by atoms with van der Waals surface area (Å²) in [5, 5.41) is 0. The maximum Gasteiger partial charge on any atom is 0.257 e. The fourth-order valence-corrected chi connectivity index (χ4v) is 1.99. The first-order valence-electron chi connectivity index (χ1n) is 5.80. The van der Waals surface area contributed by atoms with Gasteiger partial charge in [0, 0.05) is 19.8 Å². The van der Waals surface area contributed by atoms with Gasteiger partial charge in [-0.2, -0.15) is 0 Å². The van der Waals surface area contributed by atoms with Crippen molar-refractivity contribution in [3.63, 3.8) is 0 Å². The molecule has 3 N–H and O–H groups in total. The Balaban J connectivity index is 2.07. The average Bonchev–Trinajstić information content (AvgIpc) is 3.03. The van der Waals surface area contributed by atoms with Crippen molar-refractivity contribution in [1.82, 2.24) is 9.88 Å². The molecule has 0 saturated heterocycles. The predicted octanol–water partition coefficient (Wildman–Crippen LogP) is 1.10. The quantitative estimate of drug-likeness (QED) is 0.604. The summed E-state index contributed by atoms with van der Waals surface area (Å²) in [4.78, 5) is 18.0. The van der Waals surface area contributed by atoms with Crippen LogP contribution in [0.4, 0.5) is 5.82 Å². The molecule has 5 heteroatoms. The Morgan fingerprint density at radius 2 is 2.41 bits per heavy atom. The Labute approximate surface area is 101 Å². The largest absolute Gasteiger partial charge is 0.341 e. The van der Waals surface area contributed by atoms with Crippen molar-refractivity contribution < 1.29 is 4.79 Å². The van der Waals surface area contributed by atoms with E-state index in [9.17, 15) is 4.79 Å². The molecule has 17 heavy (non-hydrogen) atoms. The van der Waals surface area contributed by atoms with Gasteiger partial charge in [0.2, 0.25) is 0 Å². The molecular formula is C12H18N4O. The maximum absolute atomic E-state index is 12.2. The summed E-state index contributed by atoms with van der Waals surface area (Å²) >= 11 is 0. The van der Waals surface area contributed by atoms with Crippen molar-refractivity contribution in [2.45, 2.75) is 13.3 Å². The molecule has 0 radical (unpaired) electrons. The molecule has 1 amide bonds. The molecule has 2 atom stereocenters. The Morgan fingerprint density at radius 1 is 1.71 bits per heavy atom. The van der Waals surface area contributed by atoms with E-state index in [1.54, 1.807) is 23.2 Å². The molecule has 1 aromatic heterocycles. The Bertz CT molecular complexity index is 421. The molecular weight excluding hydrogens is 216 g/mol. The summed E-state index contributed by atoms with van der Waals surface area (Å²) in [5.74, 6) is 7.12. The molecule has 1 saturated carbocycles. The molecule has 1 fully saturated rings. The van der Waals surface area contributed by atoms with E-state index in [0.717, 1.165) is 12.5 Å². The van der Waals surface area contributed by atoms with Gasteiger partial charge in [0.1, 0.15) is 0 Å². The van der Waals surface area contributed by atoms with Crippen LogP contribution in [-0.2, 0) is 0 Å². The monoisotopic (exact) mass is 234 g/mol. The van der Waals surface area contributed by atoms with Crippen molar-refractivity contribution in [2.75, 3.05) is 19.0 Å². The number of aromatic nitrogens is 1. The SMILES string of the molecule is CC1CC1CN(C)C(=O)c1cccnc1NN. The van der Waals surface area contributed by atoms with Crippen LogP contribution in [0.3, 0.4) is 0 Å². The number of nitrogens with one attached hydrogen (secondary N) is 1. The molecule has 1 heterocycles. The summed E-state index contributed by atoms with van der Waals surface area (Å²) < 4.78 is 0. The fourth-order valence-electron chi connectivity index (χ4n) is 1.99. The fraction of sp³-hybridized carbons (Fsp3) is 0.500. The second kappa shape index (κ2) is 4.71. The third-order valence-electron chi connectivity index (χ3n) is 3.31. The van der Waals surface area contributed by atoms with Crippen LogP contribution in [0.2, 0.25) is 0 Å². The number of hydrogen-bond donors (Lipinski definition) is 2. The molecule has 0 spiro atoms. The first kappa shape index (κ1) is 11.9. The average molecular weight is 234 g/mol. The van der Waals surface area contributed by atoms with Gasteiger partial charge in [-0.1, -0.05) is 6.92 Å². The number of amides is 1. The summed E-state index contributed by atoms with van der Waals surface area (Å²) in [5.41, 5.74) is 2.97. The molecule has 5 nitrogen and oxygen atoms in total. The third kappa shape index (κ3) is 2.55. The number of hydrazine groups is 1. The topological polar surface area (TPSA) is 71.2 Å². The first-order chi connectivity index (χ1) is 8.13. The van der Waals surface area contributed by atoms with Gasteiger partial charge in [-0.25, -0.2) is 10.8 Å². The minimum absolute atomic E-state index is 0.0369. The van der Waals surface area contributed by atoms with Gasteiger partial charge in [0.25, 0.3) is 5.91 Å². The smallest absolute Gasteiger partial charge is 0.257 e. The normalized spacial score (nSPS) is 22.1. The second-order valence-corrected chi connectivity index (χ2v) is 4.70. The highest BCUT2D eigenvalue weighted by Gasteiger charge is 2.34. The van der Waals surface area contributed by atoms with Gasteiger partial charge in [0.05, 0.1) is 5.56 Å². The number of hydrogen-bond acceptors (Lipinski definition) is 4. The van der Waals surface area contributed by atoms with Crippen LogP contribution in [0.25, 0.3) is 0 Å². The van der Waals surface area contributed by atoms with Crippen molar-refractivity contribution in [3.8, 4) is 0 Å². The van der Waals surface area contributed by atoms with E-state index in [-0.39, 0.29) is 5.91 Å². The molecule has 1 aliphatic carbocycles. The van der Waals surface area contributed by atoms with Gasteiger partial charge >= 0.3 is 0 Å². The van der Waals surface area contributed by atoms with E-state index in [1.165, 1.54) is 6.42 Å². The number of nitrogen functional groups attached to an aromatic ring is 1. The summed E-state index contributed by atoms with van der Waals surface area (Å²) in [6, 6.07) is 3.47. The van der Waals surface area contributed by atoms with Crippen LogP contribution in [0, 0.1) is 11.8 Å². The number of nitrogens with zero attached hydrogens (tertiary/aromatic N) is 2. The van der Waals surface area contributed by atoms with Crippen LogP contribution >= 0.6 is 0 Å². The summed E-state index contributed by atoms with van der Waals surface area (Å²) in [6.45, 7) is 3.01. The lowest BCUT2D eigenvalue weighted by atomic mass is 10.2. The number of rotatable bonds is 4. The van der Waals surface area contributed by atoms with Crippen molar-refractivity contribution in [1.29, 1.82) is 0 Å². The number of carbonyl (C=O) groups excluding carboxylic acids is 1. The highest BCUT2D eigenvalue weighted by atomic mass is 16.2. The van der Waals surface area contributed by atoms with Gasteiger partial charge in [-0.3, -0.25) is 4.79 Å². The van der Waals surface area contributed by atoms with Crippen molar-refractivity contribution in [2.24, 2.45) is 17.7 Å². The van der Waals surface area contributed by atoms with Crippen LogP contribution in [0.15, 0.2) is 18.3 Å². The number of carbonyl (C=O) groups is 1. The molecule has 0 bridgehead atoms. The van der Waals surface area contributed by atoms with Gasteiger partial charge in [0.15, 0.2) is 5.82 Å². The lowest BCUT2D eigenvalue weighted by Gasteiger charge is -2.18. The standard InChI is InChI=1S/C12H18N4O/c1-8-6-9(8)7-16(2)12(17)10-4-3-5-14-11(10)15-13/h3-5,8-9H,6-7,13H2,1-2H3,(H,14,15). The summed E-state index contributed by atoms with van der Waals surface area (Å²) in [6.07, 6.45) is 2.82. The van der Waals surface area contributed by atoms with Crippen molar-refractivity contribution in [3.05, 3.63) is 23.9 Å². The zero-order valence-corrected chi connectivity index (χ0v) is 10.2. The number of anilines is 1. The number of nitrogens with two attached hydrogens (primary N) is 1. The summed E-state index contributed by atoms with van der Waals surface area (Å²) in [7, 11) is 1.82. The van der Waals surface area contributed by atoms with E-state index in [4.69, 9.17) is 5.84 Å². The van der Waals surface area contributed by atoms with E-state index in [2.05, 4.69) is 17.3 Å². The van der Waals surface area contributed by atoms with Crippen molar-refractivity contribution >= 4 is 11.7 Å². The van der Waals surface area contributed by atoms with E-state index in [1.807, 2.05) is 7.05 Å². The highest BCUT2D eigenvalue weighted by molar-refractivity contribution is 5.98. The zero-order chi connectivity index (χ0) is 12.4. The lowest BCUT2D eigenvalue weighted by molar-refractivity contribution is 0.0787. The zero-order valence-electron chi connectivity index (χ0n) is 10.2. The van der Waals surface area contributed by atoms with Gasteiger partial charge in [-0.05, 0) is 30.4 Å². The van der Waals surface area contributed by atoms with Gasteiger partial charge in [-0.15, -0.1) is 0 Å². The van der Waals surface area contributed by atoms with E-state index >= 15 is 0 Å². The predicted molar refractivity (Wildman–Crippen MR) is 66.3 cm³/mol. The van der Waals surface area contributed by atoms with Crippen LogP contribution < -0.4 is 11.3 Å². The highest BCUT2D eigenvalue weighted by Crippen LogP contribution is 2.38. The Hall–Kier alpha value is -1.62. The minimum Gasteiger partial charge on any atom is -0.341 e. The lowest BCUT2D eigenvalue weighted by Crippen LogP contribution is -2.30. The molecule has 0 aliphatic heterocycles. The van der Waals surface area contributed by atoms with Crippen LogP contribution in [0.1, 0.15) is 23.7 Å². The van der Waals surface area contributed by atoms with Crippen LogP contribution in [-0.4, -0.2) is 29.4 Å². The van der Waals surface area contributed by atoms with Gasteiger partial charge < -0.3 is 10.3 Å². The van der Waals surface area contributed by atoms with Crippen LogP contribution in [0.5, 0.6) is 0 Å². The molecule has 1 aliphatic rings. The molecule has 92 valence electrons. The first-order valence-corrected chi connectivity index (χ1v) is 5.80.